The van der Waals surface area contributed by atoms with Crippen LogP contribution >= 0.6 is 0 Å². The lowest BCUT2D eigenvalue weighted by Crippen LogP contribution is -2.14. The minimum absolute atomic E-state index is 0.175. The summed E-state index contributed by atoms with van der Waals surface area (Å²) in [4.78, 5) is 11.9. The van der Waals surface area contributed by atoms with Gasteiger partial charge in [-0.3, -0.25) is 9.48 Å². The van der Waals surface area contributed by atoms with Gasteiger partial charge in [0.1, 0.15) is 0 Å². The second-order valence-electron chi connectivity index (χ2n) is 5.62. The monoisotopic (exact) mass is 262 g/mol. The molecule has 19 heavy (non-hydrogen) atoms. The molecule has 0 aromatic carbocycles. The zero-order valence-electron chi connectivity index (χ0n) is 12.5. The highest BCUT2D eigenvalue weighted by Gasteiger charge is 2.24. The molecular formula is C16H26N2O. The summed E-state index contributed by atoms with van der Waals surface area (Å²) in [7, 11) is 0. The van der Waals surface area contributed by atoms with Crippen molar-refractivity contribution in [3.63, 3.8) is 0 Å². The zero-order chi connectivity index (χ0) is 13.8. The van der Waals surface area contributed by atoms with Crippen molar-refractivity contribution in [1.82, 2.24) is 9.78 Å². The first-order chi connectivity index (χ1) is 9.19. The largest absolute Gasteiger partial charge is 0.294 e. The van der Waals surface area contributed by atoms with E-state index in [4.69, 9.17) is 5.10 Å². The molecule has 1 aliphatic carbocycles. The van der Waals surface area contributed by atoms with E-state index < -0.39 is 0 Å². The standard InChI is InChI=1S/C16H26N2O/c1-4-14-16(12(3)19)15(5-2)18(17-14)13-10-8-6-7-9-11-13/h13H,4-11H2,1-3H3. The van der Waals surface area contributed by atoms with Crippen molar-refractivity contribution in [2.45, 2.75) is 78.2 Å². The minimum atomic E-state index is 0.175. The van der Waals surface area contributed by atoms with Crippen molar-refractivity contribution in [3.8, 4) is 0 Å². The molecule has 1 saturated carbocycles. The number of carbonyl (C=O) groups excluding carboxylic acids is 1. The molecule has 0 unspecified atom stereocenters. The molecule has 0 radical (unpaired) electrons. The van der Waals surface area contributed by atoms with Crippen LogP contribution < -0.4 is 0 Å². The lowest BCUT2D eigenvalue weighted by molar-refractivity contribution is 0.101. The van der Waals surface area contributed by atoms with Crippen LogP contribution in [0.2, 0.25) is 0 Å². The van der Waals surface area contributed by atoms with Gasteiger partial charge in [0.05, 0.1) is 17.3 Å². The van der Waals surface area contributed by atoms with Crippen molar-refractivity contribution >= 4 is 5.78 Å². The number of aromatic nitrogens is 2. The fraction of sp³-hybridized carbons (Fsp3) is 0.750. The van der Waals surface area contributed by atoms with Crippen LogP contribution in [0.5, 0.6) is 0 Å². The van der Waals surface area contributed by atoms with Gasteiger partial charge in [0, 0.05) is 5.69 Å². The summed E-state index contributed by atoms with van der Waals surface area (Å²) in [5.41, 5.74) is 3.05. The van der Waals surface area contributed by atoms with Crippen LogP contribution in [0.4, 0.5) is 0 Å². The number of carbonyl (C=O) groups is 1. The van der Waals surface area contributed by atoms with Crippen LogP contribution in [0, 0.1) is 0 Å². The predicted molar refractivity (Wildman–Crippen MR) is 77.7 cm³/mol. The summed E-state index contributed by atoms with van der Waals surface area (Å²) in [5, 5.41) is 4.78. The van der Waals surface area contributed by atoms with Gasteiger partial charge >= 0.3 is 0 Å². The molecule has 1 aromatic rings. The van der Waals surface area contributed by atoms with Crippen LogP contribution in [0.25, 0.3) is 0 Å². The number of hydrogen-bond donors (Lipinski definition) is 0. The first-order valence-corrected chi connectivity index (χ1v) is 7.80. The Morgan fingerprint density at radius 1 is 1.16 bits per heavy atom. The summed E-state index contributed by atoms with van der Waals surface area (Å²) in [6.07, 6.45) is 9.47. The van der Waals surface area contributed by atoms with Crippen LogP contribution in [0.15, 0.2) is 0 Å². The van der Waals surface area contributed by atoms with Crippen molar-refractivity contribution in [1.29, 1.82) is 0 Å². The van der Waals surface area contributed by atoms with E-state index in [1.54, 1.807) is 6.92 Å². The molecule has 1 fully saturated rings. The highest BCUT2D eigenvalue weighted by molar-refractivity contribution is 5.96. The Bertz CT molecular complexity index is 440. The molecule has 106 valence electrons. The first kappa shape index (κ1) is 14.3. The topological polar surface area (TPSA) is 34.9 Å². The molecule has 0 bridgehead atoms. The Hall–Kier alpha value is -1.12. The molecule has 1 aliphatic rings. The SMILES string of the molecule is CCc1nn(C2CCCCCC2)c(CC)c1C(C)=O. The van der Waals surface area contributed by atoms with E-state index in [0.717, 1.165) is 29.8 Å². The number of hydrogen-bond acceptors (Lipinski definition) is 2. The molecule has 0 amide bonds. The molecule has 1 aromatic heterocycles. The van der Waals surface area contributed by atoms with Gasteiger partial charge < -0.3 is 0 Å². The number of ketones is 1. The number of nitrogens with zero attached hydrogens (tertiary/aromatic N) is 2. The van der Waals surface area contributed by atoms with Gasteiger partial charge in [-0.25, -0.2) is 0 Å². The Labute approximate surface area is 116 Å². The van der Waals surface area contributed by atoms with Crippen LogP contribution in [-0.4, -0.2) is 15.6 Å². The van der Waals surface area contributed by atoms with E-state index in [-0.39, 0.29) is 5.78 Å². The maximum absolute atomic E-state index is 11.9. The quantitative estimate of drug-likeness (QED) is 0.604. The van der Waals surface area contributed by atoms with E-state index >= 15 is 0 Å². The third-order valence-corrected chi connectivity index (χ3v) is 4.27. The van der Waals surface area contributed by atoms with E-state index in [1.807, 2.05) is 0 Å². The Morgan fingerprint density at radius 3 is 2.26 bits per heavy atom. The second kappa shape index (κ2) is 6.36. The van der Waals surface area contributed by atoms with Crippen LogP contribution in [0.3, 0.4) is 0 Å². The molecule has 0 N–H and O–H groups in total. The van der Waals surface area contributed by atoms with Gasteiger partial charge in [-0.15, -0.1) is 0 Å². The predicted octanol–water partition coefficient (Wildman–Crippen LogP) is 4.11. The van der Waals surface area contributed by atoms with E-state index in [2.05, 4.69) is 18.5 Å². The zero-order valence-corrected chi connectivity index (χ0v) is 12.5. The molecule has 3 nitrogen and oxygen atoms in total. The van der Waals surface area contributed by atoms with Gasteiger partial charge in [0.15, 0.2) is 5.78 Å². The molecule has 0 saturated heterocycles. The minimum Gasteiger partial charge on any atom is -0.294 e. The summed E-state index contributed by atoms with van der Waals surface area (Å²) in [6.45, 7) is 5.90. The maximum atomic E-state index is 11.9. The lowest BCUT2D eigenvalue weighted by Gasteiger charge is -2.18. The molecule has 0 atom stereocenters. The Kier molecular flexibility index (Phi) is 4.78. The molecule has 2 rings (SSSR count). The molecule has 3 heteroatoms. The van der Waals surface area contributed by atoms with E-state index in [1.165, 1.54) is 38.5 Å². The van der Waals surface area contributed by atoms with Crippen LogP contribution in [-0.2, 0) is 12.8 Å². The molecule has 0 spiro atoms. The summed E-state index contributed by atoms with van der Waals surface area (Å²) in [6, 6.07) is 0.510. The highest BCUT2D eigenvalue weighted by atomic mass is 16.1. The van der Waals surface area contributed by atoms with Crippen LogP contribution in [0.1, 0.15) is 87.1 Å². The number of rotatable bonds is 4. The van der Waals surface area contributed by atoms with E-state index in [9.17, 15) is 4.79 Å². The maximum Gasteiger partial charge on any atom is 0.163 e. The van der Waals surface area contributed by atoms with Gasteiger partial charge in [0.2, 0.25) is 0 Å². The average Bonchev–Trinajstić information content (AvgIpc) is 2.57. The summed E-state index contributed by atoms with van der Waals surface area (Å²) < 4.78 is 2.20. The summed E-state index contributed by atoms with van der Waals surface area (Å²) in [5.74, 6) is 0.175. The average molecular weight is 262 g/mol. The van der Waals surface area contributed by atoms with Gasteiger partial charge in [-0.05, 0) is 32.6 Å². The normalized spacial score (nSPS) is 17.4. The third-order valence-electron chi connectivity index (χ3n) is 4.27. The smallest absolute Gasteiger partial charge is 0.163 e. The lowest BCUT2D eigenvalue weighted by atomic mass is 10.0. The fourth-order valence-corrected chi connectivity index (χ4v) is 3.32. The van der Waals surface area contributed by atoms with Gasteiger partial charge in [-0.1, -0.05) is 39.5 Å². The fourth-order valence-electron chi connectivity index (χ4n) is 3.32. The van der Waals surface area contributed by atoms with Gasteiger partial charge in [0.25, 0.3) is 0 Å². The van der Waals surface area contributed by atoms with E-state index in [0.29, 0.717) is 6.04 Å². The van der Waals surface area contributed by atoms with Gasteiger partial charge in [-0.2, -0.15) is 5.10 Å². The highest BCUT2D eigenvalue weighted by Crippen LogP contribution is 2.30. The molecular weight excluding hydrogens is 236 g/mol. The molecule has 1 heterocycles. The number of aryl methyl sites for hydroxylation is 1. The van der Waals surface area contributed by atoms with Crippen molar-refractivity contribution in [3.05, 3.63) is 17.0 Å². The Balaban J connectivity index is 2.41. The Morgan fingerprint density at radius 2 is 1.79 bits per heavy atom. The van der Waals surface area contributed by atoms with Crippen molar-refractivity contribution in [2.24, 2.45) is 0 Å². The first-order valence-electron chi connectivity index (χ1n) is 7.80. The van der Waals surface area contributed by atoms with Crippen molar-refractivity contribution < 1.29 is 4.79 Å². The second-order valence-corrected chi connectivity index (χ2v) is 5.62. The summed E-state index contributed by atoms with van der Waals surface area (Å²) >= 11 is 0. The van der Waals surface area contributed by atoms with Crippen molar-refractivity contribution in [2.75, 3.05) is 0 Å². The third kappa shape index (κ3) is 2.90. The molecule has 0 aliphatic heterocycles. The number of Topliss-reactive ketones (excluding diaryl/α,β-unsaturated/α-hetero) is 1.